The fourth-order valence-corrected chi connectivity index (χ4v) is 5.05. The first kappa shape index (κ1) is 12.1. The van der Waals surface area contributed by atoms with E-state index < -0.39 is 0 Å². The molecule has 0 unspecified atom stereocenters. The Kier molecular flexibility index (Phi) is 2.40. The van der Waals surface area contributed by atoms with Crippen LogP contribution in [0.1, 0.15) is 33.6 Å². The number of aromatic nitrogens is 4. The summed E-state index contributed by atoms with van der Waals surface area (Å²) in [6.45, 7) is 6.72. The number of hydrogen-bond donors (Lipinski definition) is 0. The minimum Gasteiger partial charge on any atom is -0.298 e. The van der Waals surface area contributed by atoms with Crippen LogP contribution in [0.5, 0.6) is 0 Å². The number of nitrogens with zero attached hydrogens (tertiary/aromatic N) is 4. The highest BCUT2D eigenvalue weighted by atomic mass is 32.2. The van der Waals surface area contributed by atoms with E-state index in [0.29, 0.717) is 5.78 Å². The van der Waals surface area contributed by atoms with Crippen LogP contribution in [0.2, 0.25) is 0 Å². The van der Waals surface area contributed by atoms with E-state index in [4.69, 9.17) is 0 Å². The molecule has 18 heavy (non-hydrogen) atoms. The highest BCUT2D eigenvalue weighted by Crippen LogP contribution is 2.67. The molecule has 0 amide bonds. The van der Waals surface area contributed by atoms with Crippen LogP contribution in [-0.4, -0.2) is 31.2 Å². The molecule has 0 aliphatic heterocycles. The Labute approximate surface area is 111 Å². The first-order valence-electron chi connectivity index (χ1n) is 6.30. The molecule has 1 aromatic heterocycles. The smallest absolute Gasteiger partial charge is 0.209 e. The van der Waals surface area contributed by atoms with E-state index >= 15 is 0 Å². The molecular formula is C12H18N4OS. The second-order valence-electron chi connectivity index (χ2n) is 6.22. The summed E-state index contributed by atoms with van der Waals surface area (Å²) in [6.07, 6.45) is 2.16. The van der Waals surface area contributed by atoms with Crippen molar-refractivity contribution in [2.75, 3.05) is 0 Å². The van der Waals surface area contributed by atoms with Crippen LogP contribution < -0.4 is 0 Å². The van der Waals surface area contributed by atoms with Gasteiger partial charge in [-0.2, -0.15) is 0 Å². The van der Waals surface area contributed by atoms with Crippen molar-refractivity contribution in [3.63, 3.8) is 0 Å². The summed E-state index contributed by atoms with van der Waals surface area (Å²) >= 11 is 1.53. The van der Waals surface area contributed by atoms with Crippen LogP contribution in [0.3, 0.4) is 0 Å². The largest absolute Gasteiger partial charge is 0.298 e. The maximum Gasteiger partial charge on any atom is 0.209 e. The molecule has 0 N–H and O–H groups in total. The number of Topliss-reactive ketones (excluding diaryl/α,β-unsaturated/α-hetero) is 1. The van der Waals surface area contributed by atoms with Gasteiger partial charge < -0.3 is 0 Å². The molecule has 98 valence electrons. The van der Waals surface area contributed by atoms with E-state index in [0.717, 1.165) is 18.0 Å². The van der Waals surface area contributed by atoms with Crippen molar-refractivity contribution < 1.29 is 4.79 Å². The Balaban J connectivity index is 1.95. The van der Waals surface area contributed by atoms with Crippen LogP contribution in [0.25, 0.3) is 0 Å². The number of tetrazole rings is 1. The van der Waals surface area contributed by atoms with Gasteiger partial charge >= 0.3 is 0 Å². The van der Waals surface area contributed by atoms with Gasteiger partial charge in [-0.05, 0) is 34.1 Å². The van der Waals surface area contributed by atoms with E-state index in [-0.39, 0.29) is 22.0 Å². The number of hydrogen-bond acceptors (Lipinski definition) is 5. The van der Waals surface area contributed by atoms with Crippen molar-refractivity contribution >= 4 is 17.5 Å². The third-order valence-corrected chi connectivity index (χ3v) is 6.83. The molecular weight excluding hydrogens is 248 g/mol. The molecule has 2 aliphatic carbocycles. The number of rotatable bonds is 2. The van der Waals surface area contributed by atoms with Crippen LogP contribution in [0.15, 0.2) is 5.16 Å². The van der Waals surface area contributed by atoms with Gasteiger partial charge in [0.15, 0.2) is 0 Å². The van der Waals surface area contributed by atoms with E-state index in [9.17, 15) is 4.79 Å². The number of fused-ring (bicyclic) bond motifs is 2. The van der Waals surface area contributed by atoms with Gasteiger partial charge in [0.25, 0.3) is 0 Å². The lowest BCUT2D eigenvalue weighted by atomic mass is 9.71. The van der Waals surface area contributed by atoms with Crippen LogP contribution in [-0.2, 0) is 11.8 Å². The quantitative estimate of drug-likeness (QED) is 0.815. The predicted octanol–water partition coefficient (Wildman–Crippen LogP) is 1.70. The number of carbonyl (C=O) groups excluding carboxylic acids is 1. The molecule has 0 radical (unpaired) electrons. The van der Waals surface area contributed by atoms with Gasteiger partial charge in [0, 0.05) is 13.0 Å². The molecule has 3 rings (SSSR count). The second-order valence-corrected chi connectivity index (χ2v) is 7.29. The van der Waals surface area contributed by atoms with Crippen LogP contribution in [0.4, 0.5) is 0 Å². The summed E-state index contributed by atoms with van der Waals surface area (Å²) in [5.74, 6) is 0.600. The zero-order valence-corrected chi connectivity index (χ0v) is 12.0. The minimum absolute atomic E-state index is 0.00375. The third kappa shape index (κ3) is 1.30. The minimum atomic E-state index is -0.00375. The zero-order chi connectivity index (χ0) is 13.1. The molecule has 2 aliphatic rings. The summed E-state index contributed by atoms with van der Waals surface area (Å²) in [4.78, 5) is 12.5. The Morgan fingerprint density at radius 1 is 1.39 bits per heavy atom. The van der Waals surface area contributed by atoms with Crippen molar-refractivity contribution in [1.29, 1.82) is 0 Å². The SMILES string of the molecule is Cn1nnnc1S[C@@H]1C(=O)[C@H]2CC[C@@]1(C)C2(C)C. The molecule has 0 aromatic carbocycles. The summed E-state index contributed by atoms with van der Waals surface area (Å²) in [5.41, 5.74) is 0.152. The molecule has 1 aromatic rings. The lowest BCUT2D eigenvalue weighted by molar-refractivity contribution is -0.122. The van der Waals surface area contributed by atoms with Gasteiger partial charge in [0.05, 0.1) is 5.25 Å². The first-order valence-corrected chi connectivity index (χ1v) is 7.18. The molecule has 2 fully saturated rings. The summed E-state index contributed by atoms with van der Waals surface area (Å²) in [6, 6.07) is 0. The van der Waals surface area contributed by atoms with Gasteiger partial charge in [-0.15, -0.1) is 5.10 Å². The summed E-state index contributed by atoms with van der Waals surface area (Å²) in [7, 11) is 1.81. The Hall–Kier alpha value is -0.910. The fraction of sp³-hybridized carbons (Fsp3) is 0.833. The van der Waals surface area contributed by atoms with Gasteiger partial charge in [0.2, 0.25) is 5.16 Å². The first-order chi connectivity index (χ1) is 8.38. The lowest BCUT2D eigenvalue weighted by Crippen LogP contribution is -2.35. The molecule has 2 saturated carbocycles. The Morgan fingerprint density at radius 3 is 2.61 bits per heavy atom. The third-order valence-electron chi connectivity index (χ3n) is 5.28. The molecule has 1 heterocycles. The van der Waals surface area contributed by atoms with Crippen molar-refractivity contribution in [2.24, 2.45) is 23.8 Å². The maximum atomic E-state index is 12.5. The number of thioether (sulfide) groups is 1. The normalized spacial score (nSPS) is 37.4. The van der Waals surface area contributed by atoms with Crippen molar-refractivity contribution in [2.45, 2.75) is 44.0 Å². The second kappa shape index (κ2) is 3.56. The average Bonchev–Trinajstić information content (AvgIpc) is 2.82. The van der Waals surface area contributed by atoms with Crippen LogP contribution >= 0.6 is 11.8 Å². The van der Waals surface area contributed by atoms with Gasteiger partial charge in [0.1, 0.15) is 5.78 Å². The number of carbonyl (C=O) groups is 1. The predicted molar refractivity (Wildman–Crippen MR) is 68.1 cm³/mol. The lowest BCUT2D eigenvalue weighted by Gasteiger charge is -2.37. The molecule has 6 heteroatoms. The van der Waals surface area contributed by atoms with Gasteiger partial charge in [-0.1, -0.05) is 32.5 Å². The monoisotopic (exact) mass is 266 g/mol. The van der Waals surface area contributed by atoms with E-state index in [1.807, 2.05) is 7.05 Å². The van der Waals surface area contributed by atoms with Gasteiger partial charge in [-0.3, -0.25) is 4.79 Å². The van der Waals surface area contributed by atoms with E-state index in [1.54, 1.807) is 4.68 Å². The Morgan fingerprint density at radius 2 is 2.11 bits per heavy atom. The molecule has 2 bridgehead atoms. The molecule has 0 spiro atoms. The molecule has 5 nitrogen and oxygen atoms in total. The highest BCUT2D eigenvalue weighted by molar-refractivity contribution is 8.00. The van der Waals surface area contributed by atoms with E-state index in [2.05, 4.69) is 36.3 Å². The van der Waals surface area contributed by atoms with Crippen molar-refractivity contribution in [3.05, 3.63) is 0 Å². The topological polar surface area (TPSA) is 60.7 Å². The van der Waals surface area contributed by atoms with Crippen molar-refractivity contribution in [3.8, 4) is 0 Å². The standard InChI is InChI=1S/C12H18N4OS/c1-11(2)7-5-6-12(11,3)9(8(7)17)18-10-13-14-15-16(10)4/h7,9H,5-6H2,1-4H3/t7-,9-,12-/m1/s1. The van der Waals surface area contributed by atoms with Crippen LogP contribution in [0, 0.1) is 16.7 Å². The fourth-order valence-electron chi connectivity index (χ4n) is 3.60. The van der Waals surface area contributed by atoms with Crippen molar-refractivity contribution in [1.82, 2.24) is 20.2 Å². The average molecular weight is 266 g/mol. The van der Waals surface area contributed by atoms with E-state index in [1.165, 1.54) is 11.8 Å². The molecule has 3 atom stereocenters. The number of aryl methyl sites for hydroxylation is 1. The molecule has 0 saturated heterocycles. The zero-order valence-electron chi connectivity index (χ0n) is 11.2. The highest BCUT2D eigenvalue weighted by Gasteiger charge is 2.66. The summed E-state index contributed by atoms with van der Waals surface area (Å²) in [5, 5.41) is 12.2. The maximum absolute atomic E-state index is 12.5. The Bertz CT molecular complexity index is 512. The summed E-state index contributed by atoms with van der Waals surface area (Å²) < 4.78 is 1.64. The number of ketones is 1. The van der Waals surface area contributed by atoms with Gasteiger partial charge in [-0.25, -0.2) is 4.68 Å².